The molecule has 204 valence electrons. The van der Waals surface area contributed by atoms with Gasteiger partial charge in [-0.05, 0) is 55.6 Å². The topological polar surface area (TPSA) is 140 Å². The molecule has 2 aromatic carbocycles. The molecule has 3 aromatic rings. The molecule has 0 bridgehead atoms. The molecule has 0 radical (unpaired) electrons. The Hall–Kier alpha value is -4.02. The molecule has 2 atom stereocenters. The Morgan fingerprint density at radius 1 is 1.15 bits per heavy atom. The Morgan fingerprint density at radius 2 is 1.87 bits per heavy atom. The third kappa shape index (κ3) is 5.86. The number of ether oxygens (including phenoxy) is 1. The monoisotopic (exact) mass is 531 g/mol. The highest BCUT2D eigenvalue weighted by molar-refractivity contribution is 5.80. The molecule has 0 aliphatic carbocycles. The zero-order chi connectivity index (χ0) is 27.4. The lowest BCUT2D eigenvalue weighted by Crippen LogP contribution is -2.52. The predicted octanol–water partition coefficient (Wildman–Crippen LogP) is 2.18. The standard InChI is InChI=1S/C29H33N5O5/c30-25-26(39-22-8-6-20(17-35)7-9-22)32-19-34(28(25)37)18-29(38)11-14-33(15-12-29)27(36)23-10-13-31-16-24(23)21-4-2-1-3-5-21/h1-9,17,19,23-24,31,38H,10-16,18,30H2/t23-,24+/m1/s1. The normalized spacial score (nSPS) is 20.8. The number of nitrogens with two attached hydrogens (primary N) is 1. The molecule has 3 heterocycles. The third-order valence-electron chi connectivity index (χ3n) is 7.76. The summed E-state index contributed by atoms with van der Waals surface area (Å²) in [4.78, 5) is 43.3. The van der Waals surface area contributed by atoms with Crippen molar-refractivity contribution < 1.29 is 19.4 Å². The number of hydrogen-bond donors (Lipinski definition) is 3. The number of carbonyl (C=O) groups is 2. The number of nitrogen functional groups attached to an aromatic ring is 1. The Kier molecular flexibility index (Phi) is 7.76. The minimum Gasteiger partial charge on any atom is -0.437 e. The lowest BCUT2D eigenvalue weighted by Gasteiger charge is -2.41. The number of aromatic nitrogens is 2. The van der Waals surface area contributed by atoms with Gasteiger partial charge in [-0.25, -0.2) is 4.98 Å². The van der Waals surface area contributed by atoms with E-state index < -0.39 is 11.2 Å². The zero-order valence-corrected chi connectivity index (χ0v) is 21.7. The van der Waals surface area contributed by atoms with Crippen LogP contribution in [0.1, 0.15) is 41.1 Å². The summed E-state index contributed by atoms with van der Waals surface area (Å²) in [5.74, 6) is 0.477. The van der Waals surface area contributed by atoms with E-state index >= 15 is 0 Å². The molecule has 39 heavy (non-hydrogen) atoms. The molecular formula is C29H33N5O5. The second kappa shape index (κ2) is 11.4. The highest BCUT2D eigenvalue weighted by atomic mass is 16.5. The lowest BCUT2D eigenvalue weighted by atomic mass is 9.80. The van der Waals surface area contributed by atoms with Crippen LogP contribution >= 0.6 is 0 Å². The average Bonchev–Trinajstić information content (AvgIpc) is 2.98. The molecule has 5 rings (SSSR count). The smallest absolute Gasteiger partial charge is 0.280 e. The number of benzene rings is 2. The van der Waals surface area contributed by atoms with Gasteiger partial charge in [0.05, 0.1) is 12.1 Å². The van der Waals surface area contributed by atoms with Gasteiger partial charge in [-0.1, -0.05) is 30.3 Å². The van der Waals surface area contributed by atoms with Crippen molar-refractivity contribution in [1.29, 1.82) is 0 Å². The van der Waals surface area contributed by atoms with E-state index in [4.69, 9.17) is 10.5 Å². The lowest BCUT2D eigenvalue weighted by molar-refractivity contribution is -0.141. The fourth-order valence-electron chi connectivity index (χ4n) is 5.47. The number of nitrogens with one attached hydrogen (secondary N) is 1. The van der Waals surface area contributed by atoms with Crippen LogP contribution in [0.25, 0.3) is 0 Å². The second-order valence-electron chi connectivity index (χ2n) is 10.4. The van der Waals surface area contributed by atoms with Gasteiger partial charge >= 0.3 is 0 Å². The quantitative estimate of drug-likeness (QED) is 0.394. The van der Waals surface area contributed by atoms with E-state index in [1.165, 1.54) is 10.9 Å². The Labute approximate surface area is 226 Å². The van der Waals surface area contributed by atoms with Crippen LogP contribution in [0.3, 0.4) is 0 Å². The molecule has 2 saturated heterocycles. The zero-order valence-electron chi connectivity index (χ0n) is 21.7. The van der Waals surface area contributed by atoms with Crippen molar-refractivity contribution in [1.82, 2.24) is 19.8 Å². The summed E-state index contributed by atoms with van der Waals surface area (Å²) >= 11 is 0. The van der Waals surface area contributed by atoms with E-state index in [1.54, 1.807) is 24.3 Å². The molecule has 0 spiro atoms. The molecule has 1 amide bonds. The number of carbonyl (C=O) groups excluding carboxylic acids is 2. The van der Waals surface area contributed by atoms with Crippen LogP contribution in [-0.4, -0.2) is 63.5 Å². The molecular weight excluding hydrogens is 498 g/mol. The molecule has 2 aliphatic heterocycles. The summed E-state index contributed by atoms with van der Waals surface area (Å²) in [7, 11) is 0. The highest BCUT2D eigenvalue weighted by Gasteiger charge is 2.39. The number of nitrogens with zero attached hydrogens (tertiary/aromatic N) is 3. The van der Waals surface area contributed by atoms with E-state index in [-0.39, 0.29) is 35.9 Å². The summed E-state index contributed by atoms with van der Waals surface area (Å²) in [6.07, 6.45) is 3.48. The maximum atomic E-state index is 13.5. The van der Waals surface area contributed by atoms with Crippen LogP contribution < -0.4 is 21.3 Å². The number of anilines is 1. The first kappa shape index (κ1) is 26.6. The van der Waals surface area contributed by atoms with E-state index in [2.05, 4.69) is 22.4 Å². The predicted molar refractivity (Wildman–Crippen MR) is 146 cm³/mol. The summed E-state index contributed by atoms with van der Waals surface area (Å²) in [6.45, 7) is 2.41. The minimum absolute atomic E-state index is 0.0133. The third-order valence-corrected chi connectivity index (χ3v) is 7.76. The Balaban J connectivity index is 1.22. The SMILES string of the molecule is Nc1c(Oc2ccc(C=O)cc2)ncn(CC2(O)CCN(C(=O)[C@@H]3CCNC[C@H]3c3ccccc3)CC2)c1=O. The summed E-state index contributed by atoms with van der Waals surface area (Å²) < 4.78 is 6.91. The molecule has 1 aromatic heterocycles. The maximum absolute atomic E-state index is 13.5. The van der Waals surface area contributed by atoms with Gasteiger partial charge in [-0.15, -0.1) is 0 Å². The number of aldehydes is 1. The fourth-order valence-corrected chi connectivity index (χ4v) is 5.47. The van der Waals surface area contributed by atoms with Gasteiger partial charge in [0.15, 0.2) is 5.69 Å². The molecule has 0 saturated carbocycles. The fraction of sp³-hybridized carbons (Fsp3) is 0.379. The highest BCUT2D eigenvalue weighted by Crippen LogP contribution is 2.33. The minimum atomic E-state index is -1.17. The largest absolute Gasteiger partial charge is 0.437 e. The van der Waals surface area contributed by atoms with Crippen molar-refractivity contribution >= 4 is 17.9 Å². The van der Waals surface area contributed by atoms with Crippen molar-refractivity contribution in [3.05, 3.63) is 82.4 Å². The van der Waals surface area contributed by atoms with Gasteiger partial charge < -0.3 is 25.8 Å². The molecule has 0 unspecified atom stereocenters. The van der Waals surface area contributed by atoms with Gasteiger partial charge in [-0.2, -0.15) is 0 Å². The van der Waals surface area contributed by atoms with E-state index in [9.17, 15) is 19.5 Å². The van der Waals surface area contributed by atoms with Crippen molar-refractivity contribution in [2.24, 2.45) is 5.92 Å². The van der Waals surface area contributed by atoms with Crippen LogP contribution in [0.4, 0.5) is 5.69 Å². The molecule has 10 heteroatoms. The number of rotatable bonds is 7. The number of piperidine rings is 2. The molecule has 10 nitrogen and oxygen atoms in total. The van der Waals surface area contributed by atoms with E-state index in [0.29, 0.717) is 37.2 Å². The first-order valence-corrected chi connectivity index (χ1v) is 13.2. The molecule has 2 fully saturated rings. The van der Waals surface area contributed by atoms with Crippen molar-refractivity contribution in [3.63, 3.8) is 0 Å². The van der Waals surface area contributed by atoms with E-state index in [1.807, 2.05) is 23.1 Å². The second-order valence-corrected chi connectivity index (χ2v) is 10.4. The first-order chi connectivity index (χ1) is 18.9. The summed E-state index contributed by atoms with van der Waals surface area (Å²) in [5, 5.41) is 14.7. The first-order valence-electron chi connectivity index (χ1n) is 13.2. The van der Waals surface area contributed by atoms with Crippen LogP contribution in [0, 0.1) is 5.92 Å². The van der Waals surface area contributed by atoms with Gasteiger partial charge in [0.1, 0.15) is 18.4 Å². The molecule has 4 N–H and O–H groups in total. The van der Waals surface area contributed by atoms with Crippen LogP contribution in [0.15, 0.2) is 65.7 Å². The van der Waals surface area contributed by atoms with Crippen LogP contribution in [0.2, 0.25) is 0 Å². The summed E-state index contributed by atoms with van der Waals surface area (Å²) in [6, 6.07) is 16.5. The van der Waals surface area contributed by atoms with Gasteiger partial charge in [0.25, 0.3) is 5.56 Å². The maximum Gasteiger partial charge on any atom is 0.280 e. The van der Waals surface area contributed by atoms with Gasteiger partial charge in [-0.3, -0.25) is 19.0 Å². The average molecular weight is 532 g/mol. The van der Waals surface area contributed by atoms with Gasteiger partial charge in [0.2, 0.25) is 11.8 Å². The number of likely N-dealkylation sites (tertiary alicyclic amines) is 1. The van der Waals surface area contributed by atoms with Crippen LogP contribution in [-0.2, 0) is 11.3 Å². The van der Waals surface area contributed by atoms with E-state index in [0.717, 1.165) is 31.4 Å². The number of aliphatic hydroxyl groups is 1. The van der Waals surface area contributed by atoms with Gasteiger partial charge in [0, 0.05) is 37.0 Å². The van der Waals surface area contributed by atoms with Crippen molar-refractivity contribution in [2.75, 3.05) is 31.9 Å². The Morgan fingerprint density at radius 3 is 2.56 bits per heavy atom. The molecule has 2 aliphatic rings. The van der Waals surface area contributed by atoms with Crippen molar-refractivity contribution in [2.45, 2.75) is 37.3 Å². The number of amides is 1. The van der Waals surface area contributed by atoms with Crippen LogP contribution in [0.5, 0.6) is 11.6 Å². The summed E-state index contributed by atoms with van der Waals surface area (Å²) in [5.41, 5.74) is 5.81. The number of hydrogen-bond acceptors (Lipinski definition) is 8. The Bertz CT molecular complexity index is 1370. The van der Waals surface area contributed by atoms with Crippen molar-refractivity contribution in [3.8, 4) is 11.6 Å².